The molecule has 0 aliphatic heterocycles. The molecule has 1 N–H and O–H groups in total. The first-order valence-corrected chi connectivity index (χ1v) is 6.76. The van der Waals surface area contributed by atoms with Crippen molar-refractivity contribution in [3.63, 3.8) is 0 Å². The number of methoxy groups -OCH3 is 1. The molecule has 1 unspecified atom stereocenters. The average Bonchev–Trinajstić information content (AvgIpc) is 2.42. The minimum absolute atomic E-state index is 0.125. The summed E-state index contributed by atoms with van der Waals surface area (Å²) in [7, 11) is 1.63. The van der Waals surface area contributed by atoms with Gasteiger partial charge in [-0.25, -0.2) is 4.39 Å². The normalized spacial score (nSPS) is 12.1. The molecule has 0 radical (unpaired) electrons. The Hall–Kier alpha value is -1.74. The van der Waals surface area contributed by atoms with E-state index in [1.54, 1.807) is 19.2 Å². The number of aryl methyl sites for hydroxylation is 1. The quantitative estimate of drug-likeness (QED) is 0.859. The summed E-state index contributed by atoms with van der Waals surface area (Å²) in [5.74, 6) is 0.410. The lowest BCUT2D eigenvalue weighted by atomic mass is 10.0. The molecule has 20 heavy (non-hydrogen) atoms. The molecule has 0 fully saturated rings. The highest BCUT2D eigenvalue weighted by Crippen LogP contribution is 2.32. The van der Waals surface area contributed by atoms with Gasteiger partial charge >= 0.3 is 0 Å². The second kappa shape index (κ2) is 6.14. The van der Waals surface area contributed by atoms with Crippen LogP contribution in [-0.2, 0) is 0 Å². The van der Waals surface area contributed by atoms with Gasteiger partial charge in [0.1, 0.15) is 11.6 Å². The minimum atomic E-state index is -0.365. The fourth-order valence-electron chi connectivity index (χ4n) is 2.11. The largest absolute Gasteiger partial charge is 0.496 e. The van der Waals surface area contributed by atoms with E-state index in [4.69, 9.17) is 16.3 Å². The van der Waals surface area contributed by atoms with Gasteiger partial charge in [0.05, 0.1) is 23.9 Å². The maximum atomic E-state index is 13.8. The average molecular weight is 294 g/mol. The number of hydrogen-bond donors (Lipinski definition) is 1. The Morgan fingerprint density at radius 2 is 2.00 bits per heavy atom. The van der Waals surface area contributed by atoms with Gasteiger partial charge in [0.15, 0.2) is 0 Å². The summed E-state index contributed by atoms with van der Waals surface area (Å²) < 4.78 is 19.2. The summed E-state index contributed by atoms with van der Waals surface area (Å²) in [6.45, 7) is 3.94. The first-order valence-electron chi connectivity index (χ1n) is 6.38. The third-order valence-corrected chi connectivity index (χ3v) is 3.49. The second-order valence-electron chi connectivity index (χ2n) is 4.71. The number of benzene rings is 2. The molecule has 106 valence electrons. The van der Waals surface area contributed by atoms with E-state index in [-0.39, 0.29) is 11.9 Å². The van der Waals surface area contributed by atoms with Gasteiger partial charge in [-0.3, -0.25) is 0 Å². The zero-order chi connectivity index (χ0) is 14.7. The molecule has 0 amide bonds. The monoisotopic (exact) mass is 293 g/mol. The van der Waals surface area contributed by atoms with Gasteiger partial charge in [0.25, 0.3) is 0 Å². The molecule has 2 rings (SSSR count). The van der Waals surface area contributed by atoms with Gasteiger partial charge in [-0.2, -0.15) is 0 Å². The van der Waals surface area contributed by atoms with E-state index < -0.39 is 0 Å². The van der Waals surface area contributed by atoms with E-state index in [1.165, 1.54) is 6.07 Å². The predicted octanol–water partition coefficient (Wildman–Crippen LogP) is 4.97. The van der Waals surface area contributed by atoms with Crippen LogP contribution >= 0.6 is 11.6 Å². The first kappa shape index (κ1) is 14.7. The molecular weight excluding hydrogens is 277 g/mol. The van der Waals surface area contributed by atoms with Crippen molar-refractivity contribution < 1.29 is 9.13 Å². The third-order valence-electron chi connectivity index (χ3n) is 3.18. The summed E-state index contributed by atoms with van der Waals surface area (Å²) in [5.41, 5.74) is 2.38. The maximum Gasteiger partial charge on any atom is 0.147 e. The second-order valence-corrected chi connectivity index (χ2v) is 5.12. The summed E-state index contributed by atoms with van der Waals surface area (Å²) in [6.07, 6.45) is 0. The van der Waals surface area contributed by atoms with E-state index in [0.717, 1.165) is 16.9 Å². The number of halogens is 2. The van der Waals surface area contributed by atoms with Crippen molar-refractivity contribution in [3.8, 4) is 5.75 Å². The maximum absolute atomic E-state index is 13.8. The van der Waals surface area contributed by atoms with Crippen molar-refractivity contribution in [2.24, 2.45) is 0 Å². The van der Waals surface area contributed by atoms with Crippen LogP contribution in [0.1, 0.15) is 24.1 Å². The first-order chi connectivity index (χ1) is 9.52. The molecule has 0 aromatic heterocycles. The highest BCUT2D eigenvalue weighted by atomic mass is 35.5. The van der Waals surface area contributed by atoms with Crippen molar-refractivity contribution in [2.45, 2.75) is 19.9 Å². The Balaban J connectivity index is 2.31. The van der Waals surface area contributed by atoms with Crippen LogP contribution in [-0.4, -0.2) is 7.11 Å². The zero-order valence-corrected chi connectivity index (χ0v) is 12.5. The summed E-state index contributed by atoms with van der Waals surface area (Å²) in [4.78, 5) is 0. The topological polar surface area (TPSA) is 21.3 Å². The molecule has 2 aromatic carbocycles. The number of anilines is 1. The van der Waals surface area contributed by atoms with Gasteiger partial charge in [-0.15, -0.1) is 0 Å². The minimum Gasteiger partial charge on any atom is -0.496 e. The molecule has 0 aliphatic rings. The summed E-state index contributed by atoms with van der Waals surface area (Å²) >= 11 is 6.03. The zero-order valence-electron chi connectivity index (χ0n) is 11.7. The number of ether oxygens (including phenoxy) is 1. The van der Waals surface area contributed by atoms with Crippen LogP contribution < -0.4 is 10.1 Å². The molecule has 0 spiro atoms. The van der Waals surface area contributed by atoms with Crippen molar-refractivity contribution in [1.82, 2.24) is 0 Å². The fourth-order valence-corrected chi connectivity index (χ4v) is 2.32. The van der Waals surface area contributed by atoms with E-state index in [2.05, 4.69) is 5.32 Å². The lowest BCUT2D eigenvalue weighted by Crippen LogP contribution is -2.10. The van der Waals surface area contributed by atoms with Crippen molar-refractivity contribution >= 4 is 17.3 Å². The molecule has 0 heterocycles. The highest BCUT2D eigenvalue weighted by Gasteiger charge is 2.15. The number of hydrogen-bond acceptors (Lipinski definition) is 2. The van der Waals surface area contributed by atoms with E-state index in [1.807, 2.05) is 32.0 Å². The van der Waals surface area contributed by atoms with Crippen LogP contribution in [0.25, 0.3) is 0 Å². The number of rotatable bonds is 4. The Bertz CT molecular complexity index is 595. The lowest BCUT2D eigenvalue weighted by molar-refractivity contribution is 0.407. The number of nitrogens with one attached hydrogen (secondary N) is 1. The van der Waals surface area contributed by atoms with E-state index in [9.17, 15) is 4.39 Å². The van der Waals surface area contributed by atoms with Gasteiger partial charge in [-0.1, -0.05) is 29.8 Å². The predicted molar refractivity (Wildman–Crippen MR) is 81.2 cm³/mol. The SMILES string of the molecule is COc1cc(C)ccc1C(C)Nc1c(F)cccc1Cl. The highest BCUT2D eigenvalue weighted by molar-refractivity contribution is 6.33. The molecule has 0 aliphatic carbocycles. The molecule has 0 bridgehead atoms. The molecule has 0 saturated carbocycles. The molecule has 2 nitrogen and oxygen atoms in total. The van der Waals surface area contributed by atoms with Crippen LogP contribution in [0.3, 0.4) is 0 Å². The lowest BCUT2D eigenvalue weighted by Gasteiger charge is -2.20. The van der Waals surface area contributed by atoms with Crippen LogP contribution in [0, 0.1) is 12.7 Å². The van der Waals surface area contributed by atoms with Crippen LogP contribution in [0.5, 0.6) is 5.75 Å². The van der Waals surface area contributed by atoms with Crippen LogP contribution in [0.2, 0.25) is 5.02 Å². The molecular formula is C16H17ClFNO. The van der Waals surface area contributed by atoms with Crippen LogP contribution in [0.4, 0.5) is 10.1 Å². The Morgan fingerprint density at radius 1 is 1.25 bits per heavy atom. The Labute approximate surface area is 123 Å². The standard InChI is InChI=1S/C16H17ClFNO/c1-10-7-8-12(15(9-10)20-3)11(2)19-16-13(17)5-4-6-14(16)18/h4-9,11,19H,1-3H3. The van der Waals surface area contributed by atoms with Gasteiger partial charge in [-0.05, 0) is 37.6 Å². The van der Waals surface area contributed by atoms with Crippen LogP contribution in [0.15, 0.2) is 36.4 Å². The molecule has 1 atom stereocenters. The van der Waals surface area contributed by atoms with Gasteiger partial charge < -0.3 is 10.1 Å². The van der Waals surface area contributed by atoms with Crippen molar-refractivity contribution in [1.29, 1.82) is 0 Å². The summed E-state index contributed by atoms with van der Waals surface area (Å²) in [6, 6.07) is 10.4. The number of para-hydroxylation sites is 1. The Morgan fingerprint density at radius 3 is 2.65 bits per heavy atom. The van der Waals surface area contributed by atoms with Gasteiger partial charge in [0, 0.05) is 5.56 Å². The molecule has 0 saturated heterocycles. The van der Waals surface area contributed by atoms with E-state index >= 15 is 0 Å². The fraction of sp³-hybridized carbons (Fsp3) is 0.250. The molecule has 4 heteroatoms. The smallest absolute Gasteiger partial charge is 0.147 e. The third kappa shape index (κ3) is 3.05. The summed E-state index contributed by atoms with van der Waals surface area (Å²) in [5, 5.41) is 3.47. The molecule has 2 aromatic rings. The Kier molecular flexibility index (Phi) is 4.50. The van der Waals surface area contributed by atoms with Crippen molar-refractivity contribution in [2.75, 3.05) is 12.4 Å². The van der Waals surface area contributed by atoms with E-state index in [0.29, 0.717) is 10.7 Å². The van der Waals surface area contributed by atoms with Gasteiger partial charge in [0.2, 0.25) is 0 Å². The van der Waals surface area contributed by atoms with Crippen molar-refractivity contribution in [3.05, 3.63) is 58.4 Å².